The number of ether oxygens (including phenoxy) is 1. The van der Waals surface area contributed by atoms with Crippen LogP contribution in [0.3, 0.4) is 0 Å². The summed E-state index contributed by atoms with van der Waals surface area (Å²) in [5, 5.41) is 0. The van der Waals surface area contributed by atoms with Crippen molar-refractivity contribution in [2.75, 3.05) is 13.1 Å². The third-order valence-electron chi connectivity index (χ3n) is 3.61. The molecule has 6 nitrogen and oxygen atoms in total. The number of aromatic nitrogens is 3. The van der Waals surface area contributed by atoms with E-state index >= 15 is 0 Å². The van der Waals surface area contributed by atoms with Crippen LogP contribution in [0.25, 0.3) is 0 Å². The summed E-state index contributed by atoms with van der Waals surface area (Å²) < 4.78 is 5.89. The number of carbonyl (C=O) groups excluding carboxylic acids is 1. The molecule has 22 heavy (non-hydrogen) atoms. The molecule has 2 aromatic heterocycles. The van der Waals surface area contributed by atoms with Crippen molar-refractivity contribution < 1.29 is 9.53 Å². The first-order chi connectivity index (χ1) is 10.7. The number of hydrogen-bond acceptors (Lipinski definition) is 5. The van der Waals surface area contributed by atoms with Gasteiger partial charge in [-0.1, -0.05) is 0 Å². The van der Waals surface area contributed by atoms with Gasteiger partial charge in [0.15, 0.2) is 0 Å². The van der Waals surface area contributed by atoms with Gasteiger partial charge in [0.2, 0.25) is 5.88 Å². The van der Waals surface area contributed by atoms with Gasteiger partial charge < -0.3 is 9.64 Å². The van der Waals surface area contributed by atoms with Gasteiger partial charge in [-0.2, -0.15) is 4.98 Å². The van der Waals surface area contributed by atoms with Crippen molar-refractivity contribution in [1.82, 2.24) is 19.9 Å². The van der Waals surface area contributed by atoms with Crippen molar-refractivity contribution >= 4 is 5.91 Å². The van der Waals surface area contributed by atoms with Crippen molar-refractivity contribution in [2.45, 2.75) is 25.9 Å². The molecule has 2 aromatic rings. The molecule has 1 aliphatic rings. The Balaban J connectivity index is 1.65. The number of nitrogens with zero attached hydrogens (tertiary/aromatic N) is 4. The topological polar surface area (TPSA) is 68.2 Å². The molecule has 1 fully saturated rings. The summed E-state index contributed by atoms with van der Waals surface area (Å²) in [6.07, 6.45) is 6.74. The van der Waals surface area contributed by atoms with E-state index in [-0.39, 0.29) is 12.0 Å². The molecule has 1 unspecified atom stereocenters. The Labute approximate surface area is 129 Å². The molecule has 1 saturated heterocycles. The van der Waals surface area contributed by atoms with Crippen LogP contribution in [-0.4, -0.2) is 45.0 Å². The molecule has 0 radical (unpaired) electrons. The molecule has 0 N–H and O–H groups in total. The molecule has 1 amide bonds. The Hall–Kier alpha value is -2.50. The number of aryl methyl sites for hydroxylation is 1. The number of likely N-dealkylation sites (tertiary alicyclic amines) is 1. The molecule has 0 saturated carbocycles. The lowest BCUT2D eigenvalue weighted by Gasteiger charge is -2.32. The second-order valence-corrected chi connectivity index (χ2v) is 5.32. The molecule has 114 valence electrons. The Kier molecular flexibility index (Phi) is 4.27. The fourth-order valence-electron chi connectivity index (χ4n) is 2.56. The normalized spacial score (nSPS) is 18.0. The van der Waals surface area contributed by atoms with E-state index in [2.05, 4.69) is 15.0 Å². The van der Waals surface area contributed by atoms with Gasteiger partial charge in [-0.15, -0.1) is 0 Å². The predicted octanol–water partition coefficient (Wildman–Crippen LogP) is 1.86. The standard InChI is InChI=1S/C16H18N4O2/c1-12-18-8-6-15(19-12)22-14-5-3-9-20(11-14)16(21)13-4-2-7-17-10-13/h2,4,6-8,10,14H,3,5,9,11H2,1H3. The molecule has 1 atom stereocenters. The summed E-state index contributed by atoms with van der Waals surface area (Å²) in [5.74, 6) is 1.24. The minimum absolute atomic E-state index is 0.000248. The van der Waals surface area contributed by atoms with Gasteiger partial charge in [0, 0.05) is 31.2 Å². The van der Waals surface area contributed by atoms with Crippen LogP contribution in [0.2, 0.25) is 0 Å². The monoisotopic (exact) mass is 298 g/mol. The smallest absolute Gasteiger partial charge is 0.255 e. The molecule has 6 heteroatoms. The highest BCUT2D eigenvalue weighted by atomic mass is 16.5. The Morgan fingerprint density at radius 3 is 3.05 bits per heavy atom. The lowest BCUT2D eigenvalue weighted by molar-refractivity contribution is 0.0526. The van der Waals surface area contributed by atoms with E-state index < -0.39 is 0 Å². The van der Waals surface area contributed by atoms with Crippen molar-refractivity contribution in [3.63, 3.8) is 0 Å². The van der Waals surface area contributed by atoms with Gasteiger partial charge >= 0.3 is 0 Å². The molecular weight excluding hydrogens is 280 g/mol. The molecule has 3 heterocycles. The zero-order chi connectivity index (χ0) is 15.4. The lowest BCUT2D eigenvalue weighted by Crippen LogP contribution is -2.44. The van der Waals surface area contributed by atoms with E-state index in [1.807, 2.05) is 11.8 Å². The Bertz CT molecular complexity index is 648. The van der Waals surface area contributed by atoms with Gasteiger partial charge in [0.1, 0.15) is 11.9 Å². The van der Waals surface area contributed by atoms with Crippen LogP contribution in [0.1, 0.15) is 29.0 Å². The minimum atomic E-state index is -0.0383. The van der Waals surface area contributed by atoms with Crippen LogP contribution in [0.15, 0.2) is 36.8 Å². The van der Waals surface area contributed by atoms with Crippen LogP contribution < -0.4 is 4.74 Å². The first-order valence-electron chi connectivity index (χ1n) is 7.38. The van der Waals surface area contributed by atoms with Gasteiger partial charge in [-0.3, -0.25) is 9.78 Å². The predicted molar refractivity (Wildman–Crippen MR) is 80.6 cm³/mol. The number of carbonyl (C=O) groups is 1. The van der Waals surface area contributed by atoms with Gasteiger partial charge in [0.25, 0.3) is 5.91 Å². The fourth-order valence-corrected chi connectivity index (χ4v) is 2.56. The zero-order valence-corrected chi connectivity index (χ0v) is 12.5. The molecular formula is C16H18N4O2. The van der Waals surface area contributed by atoms with Crippen LogP contribution in [0.5, 0.6) is 5.88 Å². The van der Waals surface area contributed by atoms with Crippen LogP contribution in [-0.2, 0) is 0 Å². The minimum Gasteiger partial charge on any atom is -0.472 e. The van der Waals surface area contributed by atoms with Crippen molar-refractivity contribution in [2.24, 2.45) is 0 Å². The van der Waals surface area contributed by atoms with E-state index in [0.29, 0.717) is 23.8 Å². The molecule has 1 aliphatic heterocycles. The number of hydrogen-bond donors (Lipinski definition) is 0. The van der Waals surface area contributed by atoms with Crippen molar-refractivity contribution in [3.05, 3.63) is 48.2 Å². The summed E-state index contributed by atoms with van der Waals surface area (Å²) in [6.45, 7) is 3.14. The highest BCUT2D eigenvalue weighted by molar-refractivity contribution is 5.93. The van der Waals surface area contributed by atoms with Gasteiger partial charge in [0.05, 0.1) is 12.1 Å². The third kappa shape index (κ3) is 3.39. The Morgan fingerprint density at radius 1 is 1.36 bits per heavy atom. The Morgan fingerprint density at radius 2 is 2.27 bits per heavy atom. The first kappa shape index (κ1) is 14.4. The second-order valence-electron chi connectivity index (χ2n) is 5.32. The maximum absolute atomic E-state index is 12.5. The van der Waals surface area contributed by atoms with E-state index in [0.717, 1.165) is 19.4 Å². The quantitative estimate of drug-likeness (QED) is 0.865. The van der Waals surface area contributed by atoms with Crippen LogP contribution >= 0.6 is 0 Å². The van der Waals surface area contributed by atoms with Crippen molar-refractivity contribution in [1.29, 1.82) is 0 Å². The highest BCUT2D eigenvalue weighted by Gasteiger charge is 2.26. The van der Waals surface area contributed by atoms with Crippen molar-refractivity contribution in [3.8, 4) is 5.88 Å². The summed E-state index contributed by atoms with van der Waals surface area (Å²) >= 11 is 0. The fraction of sp³-hybridized carbons (Fsp3) is 0.375. The summed E-state index contributed by atoms with van der Waals surface area (Å²) in [5.41, 5.74) is 0.612. The molecule has 0 bridgehead atoms. The SMILES string of the molecule is Cc1nccc(OC2CCCN(C(=O)c3cccnc3)C2)n1. The maximum atomic E-state index is 12.5. The average molecular weight is 298 g/mol. The molecule has 0 aliphatic carbocycles. The zero-order valence-electron chi connectivity index (χ0n) is 12.5. The summed E-state index contributed by atoms with van der Waals surface area (Å²) in [6, 6.07) is 5.30. The van der Waals surface area contributed by atoms with Gasteiger partial charge in [-0.05, 0) is 31.9 Å². The second kappa shape index (κ2) is 6.51. The lowest BCUT2D eigenvalue weighted by atomic mass is 10.1. The van der Waals surface area contributed by atoms with E-state index in [9.17, 15) is 4.79 Å². The summed E-state index contributed by atoms with van der Waals surface area (Å²) in [7, 11) is 0. The number of piperidine rings is 1. The third-order valence-corrected chi connectivity index (χ3v) is 3.61. The largest absolute Gasteiger partial charge is 0.472 e. The average Bonchev–Trinajstić information content (AvgIpc) is 2.55. The van der Waals surface area contributed by atoms with Crippen LogP contribution in [0, 0.1) is 6.92 Å². The number of rotatable bonds is 3. The summed E-state index contributed by atoms with van der Waals surface area (Å²) in [4.78, 5) is 26.6. The van der Waals surface area contributed by atoms with Gasteiger partial charge in [-0.25, -0.2) is 4.98 Å². The number of amides is 1. The van der Waals surface area contributed by atoms with E-state index in [1.165, 1.54) is 0 Å². The molecule has 0 spiro atoms. The van der Waals surface area contributed by atoms with E-state index in [1.54, 1.807) is 36.8 Å². The van der Waals surface area contributed by atoms with Crippen LogP contribution in [0.4, 0.5) is 0 Å². The highest BCUT2D eigenvalue weighted by Crippen LogP contribution is 2.18. The molecule has 3 rings (SSSR count). The van der Waals surface area contributed by atoms with E-state index in [4.69, 9.17) is 4.74 Å². The number of pyridine rings is 1. The first-order valence-corrected chi connectivity index (χ1v) is 7.38. The maximum Gasteiger partial charge on any atom is 0.255 e. The molecule has 0 aromatic carbocycles.